The Morgan fingerprint density at radius 3 is 2.36 bits per heavy atom. The van der Waals surface area contributed by atoms with Gasteiger partial charge in [0.15, 0.2) is 0 Å². The van der Waals surface area contributed by atoms with E-state index in [-0.39, 0.29) is 5.41 Å². The standard InChI is InChI=1S/C12H20O2/c1-11(2)5-3-4-9(8-11)12(6-7-12)10(13)14/h9H,3-8H2,1-2H3,(H,13,14). The molecule has 14 heavy (non-hydrogen) atoms. The Kier molecular flexibility index (Phi) is 2.13. The van der Waals surface area contributed by atoms with Gasteiger partial charge in [-0.3, -0.25) is 4.79 Å². The fourth-order valence-corrected chi connectivity index (χ4v) is 3.10. The van der Waals surface area contributed by atoms with E-state index in [1.807, 2.05) is 0 Å². The Bertz CT molecular complexity index is 251. The van der Waals surface area contributed by atoms with Gasteiger partial charge in [0.2, 0.25) is 0 Å². The largest absolute Gasteiger partial charge is 0.481 e. The molecule has 80 valence electrons. The van der Waals surface area contributed by atoms with Crippen LogP contribution in [0.2, 0.25) is 0 Å². The number of carboxylic acid groups (broad SMARTS) is 1. The van der Waals surface area contributed by atoms with Gasteiger partial charge < -0.3 is 5.11 Å². The molecular formula is C12H20O2. The van der Waals surface area contributed by atoms with Crippen molar-refractivity contribution in [1.29, 1.82) is 0 Å². The highest BCUT2D eigenvalue weighted by atomic mass is 16.4. The fourth-order valence-electron chi connectivity index (χ4n) is 3.10. The van der Waals surface area contributed by atoms with Crippen LogP contribution in [-0.2, 0) is 4.79 Å². The Hall–Kier alpha value is -0.530. The lowest BCUT2D eigenvalue weighted by atomic mass is 9.67. The normalized spacial score (nSPS) is 33.7. The van der Waals surface area contributed by atoms with E-state index in [0.717, 1.165) is 25.7 Å². The van der Waals surface area contributed by atoms with E-state index in [9.17, 15) is 9.90 Å². The molecular weight excluding hydrogens is 176 g/mol. The van der Waals surface area contributed by atoms with Crippen LogP contribution in [0.3, 0.4) is 0 Å². The first kappa shape index (κ1) is 10.0. The van der Waals surface area contributed by atoms with Gasteiger partial charge in [-0.15, -0.1) is 0 Å². The van der Waals surface area contributed by atoms with Gasteiger partial charge in [-0.05, 0) is 43.4 Å². The predicted molar refractivity (Wildman–Crippen MR) is 55.0 cm³/mol. The summed E-state index contributed by atoms with van der Waals surface area (Å²) < 4.78 is 0. The monoisotopic (exact) mass is 196 g/mol. The van der Waals surface area contributed by atoms with Crippen molar-refractivity contribution in [3.8, 4) is 0 Å². The minimum Gasteiger partial charge on any atom is -0.481 e. The number of carboxylic acids is 1. The van der Waals surface area contributed by atoms with Crippen molar-refractivity contribution >= 4 is 5.97 Å². The Labute approximate surface area is 85.7 Å². The molecule has 0 aliphatic heterocycles. The van der Waals surface area contributed by atoms with E-state index in [2.05, 4.69) is 13.8 Å². The van der Waals surface area contributed by atoms with Crippen LogP contribution in [0.15, 0.2) is 0 Å². The van der Waals surface area contributed by atoms with Crippen LogP contribution in [0.25, 0.3) is 0 Å². The summed E-state index contributed by atoms with van der Waals surface area (Å²) in [5.41, 5.74) is 0.0612. The van der Waals surface area contributed by atoms with Crippen LogP contribution in [-0.4, -0.2) is 11.1 Å². The quantitative estimate of drug-likeness (QED) is 0.737. The topological polar surface area (TPSA) is 37.3 Å². The average molecular weight is 196 g/mol. The van der Waals surface area contributed by atoms with Gasteiger partial charge in [0.1, 0.15) is 0 Å². The first-order valence-electron chi connectivity index (χ1n) is 5.70. The number of hydrogen-bond acceptors (Lipinski definition) is 1. The van der Waals surface area contributed by atoms with Crippen molar-refractivity contribution in [2.45, 2.75) is 52.4 Å². The van der Waals surface area contributed by atoms with Crippen LogP contribution >= 0.6 is 0 Å². The third kappa shape index (κ3) is 1.55. The molecule has 2 heteroatoms. The molecule has 0 aromatic rings. The predicted octanol–water partition coefficient (Wildman–Crippen LogP) is 3.07. The third-order valence-corrected chi connectivity index (χ3v) is 4.20. The zero-order valence-corrected chi connectivity index (χ0v) is 9.18. The van der Waals surface area contributed by atoms with Crippen molar-refractivity contribution in [2.75, 3.05) is 0 Å². The molecule has 0 saturated heterocycles. The molecule has 2 nitrogen and oxygen atoms in total. The molecule has 1 atom stereocenters. The Morgan fingerprint density at radius 1 is 1.29 bits per heavy atom. The maximum absolute atomic E-state index is 11.2. The first-order valence-corrected chi connectivity index (χ1v) is 5.70. The molecule has 0 spiro atoms. The van der Waals surface area contributed by atoms with Crippen molar-refractivity contribution in [3.05, 3.63) is 0 Å². The summed E-state index contributed by atoms with van der Waals surface area (Å²) in [7, 11) is 0. The van der Waals surface area contributed by atoms with Gasteiger partial charge in [0.25, 0.3) is 0 Å². The minimum absolute atomic E-state index is 0.308. The summed E-state index contributed by atoms with van der Waals surface area (Å²) in [6.45, 7) is 4.55. The number of aliphatic carboxylic acids is 1. The van der Waals surface area contributed by atoms with Crippen LogP contribution in [0, 0.1) is 16.7 Å². The summed E-state index contributed by atoms with van der Waals surface area (Å²) in [6.07, 6.45) is 6.56. The van der Waals surface area contributed by atoms with Gasteiger partial charge in [-0.2, -0.15) is 0 Å². The van der Waals surface area contributed by atoms with E-state index in [0.29, 0.717) is 11.3 Å². The summed E-state index contributed by atoms with van der Waals surface area (Å²) in [6, 6.07) is 0. The van der Waals surface area contributed by atoms with Crippen molar-refractivity contribution < 1.29 is 9.90 Å². The molecule has 0 aromatic carbocycles. The van der Waals surface area contributed by atoms with Crippen LogP contribution in [0.5, 0.6) is 0 Å². The minimum atomic E-state index is -0.541. The van der Waals surface area contributed by atoms with Crippen molar-refractivity contribution in [2.24, 2.45) is 16.7 Å². The third-order valence-electron chi connectivity index (χ3n) is 4.20. The Morgan fingerprint density at radius 2 is 1.93 bits per heavy atom. The summed E-state index contributed by atoms with van der Waals surface area (Å²) in [4.78, 5) is 11.2. The zero-order valence-electron chi connectivity index (χ0n) is 9.18. The SMILES string of the molecule is CC1(C)CCCC(C2(C(=O)O)CC2)C1. The fraction of sp³-hybridized carbons (Fsp3) is 0.917. The van der Waals surface area contributed by atoms with E-state index < -0.39 is 5.97 Å². The molecule has 0 amide bonds. The Balaban J connectivity index is 2.08. The highest BCUT2D eigenvalue weighted by Gasteiger charge is 2.56. The van der Waals surface area contributed by atoms with Crippen LogP contribution in [0.1, 0.15) is 52.4 Å². The molecule has 0 aromatic heterocycles. The zero-order chi connectivity index (χ0) is 10.4. The number of hydrogen-bond donors (Lipinski definition) is 1. The number of carbonyl (C=O) groups is 1. The average Bonchev–Trinajstić information content (AvgIpc) is 2.81. The molecule has 0 heterocycles. The highest BCUT2D eigenvalue weighted by Crippen LogP contribution is 2.58. The van der Waals surface area contributed by atoms with Gasteiger partial charge >= 0.3 is 5.97 Å². The molecule has 2 aliphatic carbocycles. The van der Waals surface area contributed by atoms with Gasteiger partial charge in [-0.1, -0.05) is 20.3 Å². The lowest BCUT2D eigenvalue weighted by Crippen LogP contribution is -2.33. The van der Waals surface area contributed by atoms with Crippen molar-refractivity contribution in [1.82, 2.24) is 0 Å². The van der Waals surface area contributed by atoms with E-state index in [1.165, 1.54) is 12.8 Å². The second-order valence-corrected chi connectivity index (χ2v) is 5.92. The maximum Gasteiger partial charge on any atom is 0.309 e. The lowest BCUT2D eigenvalue weighted by molar-refractivity contribution is -0.146. The first-order chi connectivity index (χ1) is 6.46. The van der Waals surface area contributed by atoms with Crippen LogP contribution in [0.4, 0.5) is 0 Å². The second-order valence-electron chi connectivity index (χ2n) is 5.92. The molecule has 2 fully saturated rings. The van der Waals surface area contributed by atoms with Gasteiger partial charge in [-0.25, -0.2) is 0 Å². The second kappa shape index (κ2) is 2.98. The van der Waals surface area contributed by atoms with E-state index in [4.69, 9.17) is 0 Å². The molecule has 0 radical (unpaired) electrons. The van der Waals surface area contributed by atoms with Gasteiger partial charge in [0.05, 0.1) is 5.41 Å². The maximum atomic E-state index is 11.2. The highest BCUT2D eigenvalue weighted by molar-refractivity contribution is 5.78. The van der Waals surface area contributed by atoms with Crippen LogP contribution < -0.4 is 0 Å². The van der Waals surface area contributed by atoms with E-state index in [1.54, 1.807) is 0 Å². The molecule has 2 aliphatic rings. The van der Waals surface area contributed by atoms with E-state index >= 15 is 0 Å². The number of rotatable bonds is 2. The summed E-state index contributed by atoms with van der Waals surface area (Å²) in [5, 5.41) is 9.23. The summed E-state index contributed by atoms with van der Waals surface area (Å²) >= 11 is 0. The lowest BCUT2D eigenvalue weighted by Gasteiger charge is -2.38. The molecule has 0 bridgehead atoms. The van der Waals surface area contributed by atoms with Crippen molar-refractivity contribution in [3.63, 3.8) is 0 Å². The molecule has 2 rings (SSSR count). The van der Waals surface area contributed by atoms with Gasteiger partial charge in [0, 0.05) is 0 Å². The molecule has 1 unspecified atom stereocenters. The molecule has 1 N–H and O–H groups in total. The summed E-state index contributed by atoms with van der Waals surface area (Å²) in [5.74, 6) is -0.0936. The smallest absolute Gasteiger partial charge is 0.309 e. The molecule has 2 saturated carbocycles.